The molecule has 0 bridgehead atoms. The minimum Gasteiger partial charge on any atom is -0.392 e. The van der Waals surface area contributed by atoms with Crippen molar-refractivity contribution in [3.63, 3.8) is 0 Å². The molecular weight excluding hydrogens is 396 g/mol. The van der Waals surface area contributed by atoms with Gasteiger partial charge in [-0.2, -0.15) is 0 Å². The topological polar surface area (TPSA) is 68.2 Å². The second-order valence-electron chi connectivity index (χ2n) is 8.01. The monoisotopic (exact) mass is 419 g/mol. The zero-order valence-corrected chi connectivity index (χ0v) is 17.6. The van der Waals surface area contributed by atoms with Crippen LogP contribution in [0.2, 0.25) is 0 Å². The first-order chi connectivity index (χ1) is 15.7. The molecule has 0 aliphatic carbocycles. The van der Waals surface area contributed by atoms with Crippen LogP contribution in [0.25, 0.3) is 21.8 Å². The number of hydrogen-bond donors (Lipinski definition) is 2. The fraction of sp³-hybridized carbons (Fsp3) is 0.107. The summed E-state index contributed by atoms with van der Waals surface area (Å²) < 4.78 is 2.19. The highest BCUT2D eigenvalue weighted by molar-refractivity contribution is 6.17. The number of nitrogens with two attached hydrogens (primary N) is 1. The van der Waals surface area contributed by atoms with Crippen molar-refractivity contribution in [2.24, 2.45) is 5.73 Å². The molecule has 0 saturated carbocycles. The van der Waals surface area contributed by atoms with E-state index in [4.69, 9.17) is 5.73 Å². The molecule has 5 rings (SSSR count). The average molecular weight is 420 g/mol. The van der Waals surface area contributed by atoms with Crippen LogP contribution in [0.4, 0.5) is 0 Å². The smallest absolute Gasteiger partial charge is 0.249 e. The van der Waals surface area contributed by atoms with E-state index >= 15 is 0 Å². The van der Waals surface area contributed by atoms with Gasteiger partial charge in [-0.15, -0.1) is 0 Å². The maximum atomic E-state index is 12.2. The van der Waals surface area contributed by atoms with E-state index in [-0.39, 0.29) is 6.61 Å². The van der Waals surface area contributed by atoms with E-state index in [0.717, 1.165) is 33.8 Å². The van der Waals surface area contributed by atoms with E-state index in [2.05, 4.69) is 59.2 Å². The molecule has 0 aliphatic rings. The predicted octanol–water partition coefficient (Wildman–Crippen LogP) is 4.82. The molecule has 4 nitrogen and oxygen atoms in total. The van der Waals surface area contributed by atoms with Crippen LogP contribution in [0.1, 0.15) is 32.6 Å². The highest BCUT2D eigenvalue weighted by Crippen LogP contribution is 2.33. The standard InChI is InChI=1S/C28H23N2O2/c29-28(32)24-11-6-12-25-27(24)23-14-13-20(18-31)16-26(23)30(25)17-22-10-5-4-9-21(22)15-19-7-2-1-3-8-19/h1-13,16,31H,15,17-18H2,(H2,29,32). The molecule has 1 heterocycles. The first-order valence-electron chi connectivity index (χ1n) is 10.6. The number of nitrogens with zero attached hydrogens (tertiary/aromatic N) is 1. The average Bonchev–Trinajstić information content (AvgIpc) is 3.13. The van der Waals surface area contributed by atoms with E-state index in [1.54, 1.807) is 12.1 Å². The largest absolute Gasteiger partial charge is 0.392 e. The lowest BCUT2D eigenvalue weighted by Gasteiger charge is -2.13. The number of amides is 1. The Balaban J connectivity index is 1.70. The Bertz CT molecular complexity index is 1430. The Kier molecular flexibility index (Phi) is 5.21. The molecule has 5 aromatic rings. The number of carbonyl (C=O) groups excluding carboxylic acids is 1. The normalized spacial score (nSPS) is 11.3. The minimum absolute atomic E-state index is 0.0682. The molecule has 0 spiro atoms. The molecule has 0 fully saturated rings. The van der Waals surface area contributed by atoms with E-state index < -0.39 is 5.91 Å². The summed E-state index contributed by atoms with van der Waals surface area (Å²) in [5.41, 5.74) is 12.5. The van der Waals surface area contributed by atoms with E-state index in [1.165, 1.54) is 16.7 Å². The zero-order valence-electron chi connectivity index (χ0n) is 17.6. The molecule has 0 unspecified atom stereocenters. The van der Waals surface area contributed by atoms with E-state index in [1.807, 2.05) is 24.3 Å². The summed E-state index contributed by atoms with van der Waals surface area (Å²) in [6.07, 6.45) is 0.842. The molecule has 4 aromatic carbocycles. The Morgan fingerprint density at radius 3 is 2.38 bits per heavy atom. The van der Waals surface area contributed by atoms with Crippen LogP contribution in [0.15, 0.2) is 84.9 Å². The lowest BCUT2D eigenvalue weighted by molar-refractivity contribution is 0.100. The van der Waals surface area contributed by atoms with Gasteiger partial charge >= 0.3 is 0 Å². The minimum atomic E-state index is -0.459. The van der Waals surface area contributed by atoms with Crippen LogP contribution in [-0.2, 0) is 19.6 Å². The molecule has 0 aliphatic heterocycles. The van der Waals surface area contributed by atoms with Gasteiger partial charge in [0.25, 0.3) is 0 Å². The molecule has 4 heteroatoms. The summed E-state index contributed by atoms with van der Waals surface area (Å²) >= 11 is 0. The number of aromatic nitrogens is 1. The van der Waals surface area contributed by atoms with Gasteiger partial charge in [0.1, 0.15) is 0 Å². The Morgan fingerprint density at radius 1 is 0.875 bits per heavy atom. The number of primary amides is 1. The third kappa shape index (κ3) is 3.55. The second-order valence-corrected chi connectivity index (χ2v) is 8.01. The maximum absolute atomic E-state index is 12.2. The Hall–Kier alpha value is -3.89. The summed E-state index contributed by atoms with van der Waals surface area (Å²) in [5.74, 6) is -0.459. The fourth-order valence-corrected chi connectivity index (χ4v) is 4.44. The molecule has 1 amide bonds. The molecule has 0 atom stereocenters. The molecule has 1 aromatic heterocycles. The van der Waals surface area contributed by atoms with Gasteiger partial charge in [0, 0.05) is 22.9 Å². The molecule has 157 valence electrons. The number of aliphatic hydroxyl groups excluding tert-OH is 1. The van der Waals surface area contributed by atoms with E-state index in [0.29, 0.717) is 12.1 Å². The van der Waals surface area contributed by atoms with E-state index in [9.17, 15) is 9.90 Å². The van der Waals surface area contributed by atoms with Gasteiger partial charge in [-0.1, -0.05) is 60.7 Å². The van der Waals surface area contributed by atoms with Crippen LogP contribution >= 0.6 is 0 Å². The predicted molar refractivity (Wildman–Crippen MR) is 128 cm³/mol. The van der Waals surface area contributed by atoms with Crippen molar-refractivity contribution < 1.29 is 9.90 Å². The number of fused-ring (bicyclic) bond motifs is 3. The van der Waals surface area contributed by atoms with Crippen molar-refractivity contribution in [3.8, 4) is 0 Å². The first kappa shape index (κ1) is 20.0. The Morgan fingerprint density at radius 2 is 1.62 bits per heavy atom. The molecular formula is C28H23N2O2. The molecule has 32 heavy (non-hydrogen) atoms. The van der Waals surface area contributed by atoms with Gasteiger partial charge in [-0.25, -0.2) is 0 Å². The van der Waals surface area contributed by atoms with Gasteiger partial charge in [-0.3, -0.25) is 4.79 Å². The third-order valence-corrected chi connectivity index (χ3v) is 5.99. The highest BCUT2D eigenvalue weighted by atomic mass is 16.3. The van der Waals surface area contributed by atoms with Crippen molar-refractivity contribution in [2.45, 2.75) is 19.6 Å². The van der Waals surface area contributed by atoms with Crippen LogP contribution in [-0.4, -0.2) is 15.6 Å². The van der Waals surface area contributed by atoms with Crippen LogP contribution < -0.4 is 5.73 Å². The van der Waals surface area contributed by atoms with Crippen molar-refractivity contribution in [1.29, 1.82) is 0 Å². The number of carbonyl (C=O) groups is 1. The van der Waals surface area contributed by atoms with Gasteiger partial charge in [-0.05, 0) is 59.0 Å². The number of benzene rings is 4. The number of rotatable bonds is 6. The summed E-state index contributed by atoms with van der Waals surface area (Å²) in [7, 11) is 0. The first-order valence-corrected chi connectivity index (χ1v) is 10.6. The third-order valence-electron chi connectivity index (χ3n) is 5.99. The number of hydrogen-bond acceptors (Lipinski definition) is 2. The lowest BCUT2D eigenvalue weighted by atomic mass is 9.99. The van der Waals surface area contributed by atoms with Crippen molar-refractivity contribution in [2.75, 3.05) is 0 Å². The zero-order chi connectivity index (χ0) is 22.1. The quantitative estimate of drug-likeness (QED) is 0.414. The number of aliphatic hydroxyl groups is 1. The van der Waals surface area contributed by atoms with Crippen LogP contribution in [0.3, 0.4) is 0 Å². The maximum Gasteiger partial charge on any atom is 0.249 e. The van der Waals surface area contributed by atoms with Gasteiger partial charge < -0.3 is 15.4 Å². The highest BCUT2D eigenvalue weighted by Gasteiger charge is 2.18. The summed E-state index contributed by atoms with van der Waals surface area (Å²) in [6, 6.07) is 31.5. The fourth-order valence-electron chi connectivity index (χ4n) is 4.44. The second kappa shape index (κ2) is 8.33. The molecule has 0 saturated heterocycles. The van der Waals surface area contributed by atoms with Crippen molar-refractivity contribution in [1.82, 2.24) is 4.57 Å². The SMILES string of the molecule is NC(=O)c1cccc2c1c1[c]cc(CO)cc1n2Cc1ccccc1Cc1ccccc1. The van der Waals surface area contributed by atoms with Crippen molar-refractivity contribution in [3.05, 3.63) is 119 Å². The lowest BCUT2D eigenvalue weighted by Crippen LogP contribution is -2.11. The summed E-state index contributed by atoms with van der Waals surface area (Å²) in [4.78, 5) is 12.2. The molecule has 1 radical (unpaired) electrons. The van der Waals surface area contributed by atoms with Crippen LogP contribution in [0, 0.1) is 6.07 Å². The van der Waals surface area contributed by atoms with Gasteiger partial charge in [0.2, 0.25) is 5.91 Å². The Labute approximate surface area is 186 Å². The van der Waals surface area contributed by atoms with Gasteiger partial charge in [0.15, 0.2) is 0 Å². The summed E-state index contributed by atoms with van der Waals surface area (Å²) in [6.45, 7) is 0.565. The van der Waals surface area contributed by atoms with Crippen molar-refractivity contribution >= 4 is 27.7 Å². The van der Waals surface area contributed by atoms with Crippen LogP contribution in [0.5, 0.6) is 0 Å². The molecule has 3 N–H and O–H groups in total. The summed E-state index contributed by atoms with van der Waals surface area (Å²) in [5, 5.41) is 11.3. The van der Waals surface area contributed by atoms with Gasteiger partial charge in [0.05, 0.1) is 17.6 Å².